The zero-order chi connectivity index (χ0) is 28.6. The van der Waals surface area contributed by atoms with Crippen molar-refractivity contribution in [2.45, 2.75) is 57.6 Å². The standard InChI is InChI=1S/C28H34F3N3O3.C2H6/c1-32(27(36)26(34-15-4-8-25(34)35)20-9-10-23(30)24(31)18-20)13-5-14-33-16-11-28(37-2,12-17-33)21-6-3-7-22(29)19-21;1-2/h3,6-7,9-10,18-19,26H,4-5,8,11-17H2,1-2H3;1-2H3. The van der Waals surface area contributed by atoms with E-state index in [9.17, 15) is 22.8 Å². The van der Waals surface area contributed by atoms with Crippen LogP contribution in [0.1, 0.15) is 63.1 Å². The highest BCUT2D eigenvalue weighted by molar-refractivity contribution is 5.89. The Kier molecular flexibility index (Phi) is 10.9. The van der Waals surface area contributed by atoms with Crippen molar-refractivity contribution in [2.75, 3.05) is 46.9 Å². The van der Waals surface area contributed by atoms with Gasteiger partial charge in [-0.3, -0.25) is 9.59 Å². The SMILES string of the molecule is CC.COC1(c2cccc(F)c2)CCN(CCCN(C)C(=O)C(c2ccc(F)c(F)c2)N2CCCC2=O)CC1. The van der Waals surface area contributed by atoms with E-state index in [1.165, 1.54) is 23.1 Å². The molecule has 0 spiro atoms. The smallest absolute Gasteiger partial charge is 0.249 e. The molecular weight excluding hydrogens is 507 g/mol. The fourth-order valence-electron chi connectivity index (χ4n) is 5.45. The summed E-state index contributed by atoms with van der Waals surface area (Å²) < 4.78 is 47.1. The minimum absolute atomic E-state index is 0.162. The number of piperidine rings is 1. The normalized spacial score (nSPS) is 17.9. The van der Waals surface area contributed by atoms with Crippen molar-refractivity contribution in [3.05, 3.63) is 71.0 Å². The van der Waals surface area contributed by atoms with Crippen molar-refractivity contribution in [2.24, 2.45) is 0 Å². The molecule has 2 aromatic carbocycles. The number of hydrogen-bond acceptors (Lipinski definition) is 4. The molecule has 39 heavy (non-hydrogen) atoms. The molecular formula is C30H40F3N3O3. The molecule has 4 rings (SSSR count). The zero-order valence-corrected chi connectivity index (χ0v) is 23.4. The first-order valence-electron chi connectivity index (χ1n) is 13.8. The van der Waals surface area contributed by atoms with Gasteiger partial charge < -0.3 is 19.4 Å². The summed E-state index contributed by atoms with van der Waals surface area (Å²) in [6.45, 7) is 7.18. The van der Waals surface area contributed by atoms with Crippen LogP contribution < -0.4 is 0 Å². The molecule has 6 nitrogen and oxygen atoms in total. The Hall–Kier alpha value is -2.91. The van der Waals surface area contributed by atoms with E-state index in [4.69, 9.17) is 4.74 Å². The molecule has 0 bridgehead atoms. The number of likely N-dealkylation sites (tertiary alicyclic amines) is 2. The van der Waals surface area contributed by atoms with Crippen LogP contribution in [0.2, 0.25) is 0 Å². The molecule has 2 amide bonds. The molecule has 9 heteroatoms. The van der Waals surface area contributed by atoms with Crippen LogP contribution in [0, 0.1) is 17.5 Å². The van der Waals surface area contributed by atoms with E-state index in [0.717, 1.165) is 50.2 Å². The van der Waals surface area contributed by atoms with Crippen LogP contribution in [-0.4, -0.2) is 73.4 Å². The van der Waals surface area contributed by atoms with Gasteiger partial charge in [0.15, 0.2) is 11.6 Å². The van der Waals surface area contributed by atoms with E-state index in [1.807, 2.05) is 19.9 Å². The molecule has 2 aromatic rings. The van der Waals surface area contributed by atoms with Crippen molar-refractivity contribution < 1.29 is 27.5 Å². The van der Waals surface area contributed by atoms with Crippen LogP contribution in [0.25, 0.3) is 0 Å². The Labute approximate surface area is 229 Å². The molecule has 2 aliphatic rings. The Morgan fingerprint density at radius 1 is 1.05 bits per heavy atom. The maximum absolute atomic E-state index is 14.0. The lowest BCUT2D eigenvalue weighted by molar-refractivity contribution is -0.143. The van der Waals surface area contributed by atoms with Crippen molar-refractivity contribution in [3.8, 4) is 0 Å². The topological polar surface area (TPSA) is 53.1 Å². The molecule has 2 aliphatic heterocycles. The summed E-state index contributed by atoms with van der Waals surface area (Å²) in [5, 5.41) is 0. The molecule has 2 fully saturated rings. The van der Waals surface area contributed by atoms with Crippen LogP contribution in [0.15, 0.2) is 42.5 Å². The largest absolute Gasteiger partial charge is 0.373 e. The number of carbonyl (C=O) groups excluding carboxylic acids is 2. The van der Waals surface area contributed by atoms with Crippen LogP contribution in [-0.2, 0) is 19.9 Å². The van der Waals surface area contributed by atoms with Gasteiger partial charge in [-0.05, 0) is 67.6 Å². The first kappa shape index (κ1) is 30.6. The van der Waals surface area contributed by atoms with E-state index >= 15 is 0 Å². The first-order valence-corrected chi connectivity index (χ1v) is 13.8. The first-order chi connectivity index (χ1) is 18.7. The van der Waals surface area contributed by atoms with Crippen molar-refractivity contribution >= 4 is 11.8 Å². The number of rotatable bonds is 9. The van der Waals surface area contributed by atoms with Gasteiger partial charge in [-0.25, -0.2) is 13.2 Å². The van der Waals surface area contributed by atoms with Crippen molar-refractivity contribution in [1.29, 1.82) is 0 Å². The third kappa shape index (κ3) is 7.19. The number of methoxy groups -OCH3 is 1. The van der Waals surface area contributed by atoms with Gasteiger partial charge in [-0.1, -0.05) is 32.0 Å². The number of amides is 2. The van der Waals surface area contributed by atoms with E-state index in [1.54, 1.807) is 25.1 Å². The van der Waals surface area contributed by atoms with Gasteiger partial charge in [0.2, 0.25) is 11.8 Å². The van der Waals surface area contributed by atoms with Gasteiger partial charge in [0.05, 0.1) is 5.60 Å². The van der Waals surface area contributed by atoms with Crippen LogP contribution in [0.4, 0.5) is 13.2 Å². The molecule has 2 heterocycles. The molecule has 0 aliphatic carbocycles. The second-order valence-corrected chi connectivity index (χ2v) is 9.93. The van der Waals surface area contributed by atoms with E-state index < -0.39 is 23.3 Å². The monoisotopic (exact) mass is 547 g/mol. The lowest BCUT2D eigenvalue weighted by atomic mass is 9.84. The molecule has 0 saturated carbocycles. The summed E-state index contributed by atoms with van der Waals surface area (Å²) in [6.07, 6.45) is 3.14. The van der Waals surface area contributed by atoms with Gasteiger partial charge in [-0.2, -0.15) is 0 Å². The Bertz CT molecular complexity index is 1120. The highest BCUT2D eigenvalue weighted by Crippen LogP contribution is 2.36. The second-order valence-electron chi connectivity index (χ2n) is 9.93. The number of carbonyl (C=O) groups is 2. The van der Waals surface area contributed by atoms with E-state index in [0.29, 0.717) is 32.4 Å². The highest BCUT2D eigenvalue weighted by Gasteiger charge is 2.37. The number of nitrogens with zero attached hydrogens (tertiary/aromatic N) is 3. The van der Waals surface area contributed by atoms with Gasteiger partial charge in [0.1, 0.15) is 11.9 Å². The Balaban J connectivity index is 0.00000205. The van der Waals surface area contributed by atoms with E-state index in [2.05, 4.69) is 4.90 Å². The average molecular weight is 548 g/mol. The Morgan fingerprint density at radius 3 is 2.36 bits per heavy atom. The number of ether oxygens (including phenoxy) is 1. The number of likely N-dealkylation sites (N-methyl/N-ethyl adjacent to an activating group) is 1. The van der Waals surface area contributed by atoms with Gasteiger partial charge in [-0.15, -0.1) is 0 Å². The lowest BCUT2D eigenvalue weighted by Gasteiger charge is -2.41. The summed E-state index contributed by atoms with van der Waals surface area (Å²) in [5.41, 5.74) is 0.612. The lowest BCUT2D eigenvalue weighted by Crippen LogP contribution is -2.45. The minimum Gasteiger partial charge on any atom is -0.373 e. The molecule has 0 aromatic heterocycles. The average Bonchev–Trinajstić information content (AvgIpc) is 3.37. The molecule has 1 atom stereocenters. The fourth-order valence-corrected chi connectivity index (χ4v) is 5.45. The van der Waals surface area contributed by atoms with Crippen LogP contribution >= 0.6 is 0 Å². The second kappa shape index (κ2) is 13.9. The van der Waals surface area contributed by atoms with Crippen molar-refractivity contribution in [3.63, 3.8) is 0 Å². The third-order valence-electron chi connectivity index (χ3n) is 7.66. The summed E-state index contributed by atoms with van der Waals surface area (Å²) in [4.78, 5) is 31.2. The van der Waals surface area contributed by atoms with Gasteiger partial charge in [0.25, 0.3) is 0 Å². The summed E-state index contributed by atoms with van der Waals surface area (Å²) in [5.74, 6) is -2.79. The number of benzene rings is 2. The predicted molar refractivity (Wildman–Crippen MR) is 144 cm³/mol. The molecule has 214 valence electrons. The summed E-state index contributed by atoms with van der Waals surface area (Å²) in [6, 6.07) is 8.96. The highest BCUT2D eigenvalue weighted by atomic mass is 19.2. The maximum Gasteiger partial charge on any atom is 0.249 e. The number of halogens is 3. The van der Waals surface area contributed by atoms with Crippen molar-refractivity contribution in [1.82, 2.24) is 14.7 Å². The third-order valence-corrected chi connectivity index (χ3v) is 7.66. The van der Waals surface area contributed by atoms with E-state index in [-0.39, 0.29) is 23.2 Å². The predicted octanol–water partition coefficient (Wildman–Crippen LogP) is 5.28. The molecule has 0 N–H and O–H groups in total. The quantitative estimate of drug-likeness (QED) is 0.429. The molecule has 2 saturated heterocycles. The zero-order valence-electron chi connectivity index (χ0n) is 23.4. The van der Waals surface area contributed by atoms with Crippen LogP contribution in [0.5, 0.6) is 0 Å². The summed E-state index contributed by atoms with van der Waals surface area (Å²) in [7, 11) is 3.33. The minimum atomic E-state index is -1.04. The molecule has 0 radical (unpaired) electrons. The number of hydrogen-bond donors (Lipinski definition) is 0. The van der Waals surface area contributed by atoms with Crippen LogP contribution in [0.3, 0.4) is 0 Å². The van der Waals surface area contributed by atoms with Gasteiger partial charge in [0, 0.05) is 46.8 Å². The van der Waals surface area contributed by atoms with Gasteiger partial charge >= 0.3 is 0 Å². The fraction of sp³-hybridized carbons (Fsp3) is 0.533. The maximum atomic E-state index is 14.0. The summed E-state index contributed by atoms with van der Waals surface area (Å²) >= 11 is 0. The molecule has 1 unspecified atom stereocenters. The Morgan fingerprint density at radius 2 is 1.77 bits per heavy atom.